The summed E-state index contributed by atoms with van der Waals surface area (Å²) in [6.07, 6.45) is 11.9. The van der Waals surface area contributed by atoms with Crippen molar-refractivity contribution in [3.8, 4) is 0 Å². The Morgan fingerprint density at radius 1 is 1.38 bits per heavy atom. The average molecular weight is 178 g/mol. The SMILES string of the molecule is C=C/C=C\C=C(/C)C(C)CCCC. The van der Waals surface area contributed by atoms with E-state index in [2.05, 4.69) is 39.5 Å². The van der Waals surface area contributed by atoms with E-state index in [4.69, 9.17) is 0 Å². The fourth-order valence-corrected chi connectivity index (χ4v) is 1.19. The molecule has 0 bridgehead atoms. The van der Waals surface area contributed by atoms with Gasteiger partial charge in [0.15, 0.2) is 0 Å². The van der Waals surface area contributed by atoms with E-state index in [1.54, 1.807) is 6.08 Å². The molecule has 0 saturated heterocycles. The van der Waals surface area contributed by atoms with Crippen LogP contribution in [-0.2, 0) is 0 Å². The number of rotatable bonds is 6. The van der Waals surface area contributed by atoms with Gasteiger partial charge in [-0.25, -0.2) is 0 Å². The van der Waals surface area contributed by atoms with Gasteiger partial charge in [0.25, 0.3) is 0 Å². The van der Waals surface area contributed by atoms with E-state index in [0.717, 1.165) is 5.92 Å². The molecule has 0 aliphatic heterocycles. The number of hydrogen-bond donors (Lipinski definition) is 0. The van der Waals surface area contributed by atoms with Crippen LogP contribution in [0.2, 0.25) is 0 Å². The molecule has 13 heavy (non-hydrogen) atoms. The number of allylic oxidation sites excluding steroid dienone is 5. The molecule has 74 valence electrons. The molecule has 1 atom stereocenters. The molecule has 0 rings (SSSR count). The Morgan fingerprint density at radius 3 is 2.62 bits per heavy atom. The molecule has 0 aromatic rings. The van der Waals surface area contributed by atoms with Crippen LogP contribution in [0.15, 0.2) is 36.5 Å². The summed E-state index contributed by atoms with van der Waals surface area (Å²) in [4.78, 5) is 0. The molecule has 0 amide bonds. The monoisotopic (exact) mass is 178 g/mol. The Bertz CT molecular complexity index is 184. The summed E-state index contributed by atoms with van der Waals surface area (Å²) in [5.74, 6) is 0.717. The fourth-order valence-electron chi connectivity index (χ4n) is 1.19. The summed E-state index contributed by atoms with van der Waals surface area (Å²) < 4.78 is 0. The highest BCUT2D eigenvalue weighted by Gasteiger charge is 2.01. The van der Waals surface area contributed by atoms with E-state index in [9.17, 15) is 0 Å². The van der Waals surface area contributed by atoms with Crippen LogP contribution in [0.3, 0.4) is 0 Å². The van der Waals surface area contributed by atoms with Crippen LogP contribution in [0.5, 0.6) is 0 Å². The maximum atomic E-state index is 3.64. The topological polar surface area (TPSA) is 0 Å². The minimum absolute atomic E-state index is 0.717. The van der Waals surface area contributed by atoms with Crippen molar-refractivity contribution < 1.29 is 0 Å². The zero-order valence-corrected chi connectivity index (χ0v) is 9.22. The highest BCUT2D eigenvalue weighted by atomic mass is 14.1. The summed E-state index contributed by atoms with van der Waals surface area (Å²) in [5.41, 5.74) is 1.46. The predicted octanol–water partition coefficient (Wildman–Crippen LogP) is 4.50. The van der Waals surface area contributed by atoms with Gasteiger partial charge in [0.1, 0.15) is 0 Å². The molecule has 1 unspecified atom stereocenters. The third-order valence-corrected chi connectivity index (χ3v) is 2.37. The maximum absolute atomic E-state index is 3.64. The first-order valence-corrected chi connectivity index (χ1v) is 5.18. The molecule has 0 radical (unpaired) electrons. The van der Waals surface area contributed by atoms with Gasteiger partial charge < -0.3 is 0 Å². The lowest BCUT2D eigenvalue weighted by molar-refractivity contribution is 0.572. The second kappa shape index (κ2) is 7.85. The lowest BCUT2D eigenvalue weighted by Crippen LogP contribution is -1.95. The van der Waals surface area contributed by atoms with Gasteiger partial charge in [0.05, 0.1) is 0 Å². The van der Waals surface area contributed by atoms with Crippen molar-refractivity contribution >= 4 is 0 Å². The van der Waals surface area contributed by atoms with Gasteiger partial charge in [-0.05, 0) is 19.3 Å². The second-order valence-corrected chi connectivity index (χ2v) is 3.57. The molecule has 0 heteroatoms. The molecule has 0 nitrogen and oxygen atoms in total. The molecule has 0 aromatic carbocycles. The fraction of sp³-hybridized carbons (Fsp3) is 0.538. The molecule has 0 N–H and O–H groups in total. The van der Waals surface area contributed by atoms with Crippen molar-refractivity contribution in [2.75, 3.05) is 0 Å². The van der Waals surface area contributed by atoms with Gasteiger partial charge in [0, 0.05) is 0 Å². The lowest BCUT2D eigenvalue weighted by atomic mass is 9.96. The minimum Gasteiger partial charge on any atom is -0.0991 e. The van der Waals surface area contributed by atoms with Crippen LogP contribution in [0.4, 0.5) is 0 Å². The Kier molecular flexibility index (Phi) is 7.38. The Balaban J connectivity index is 3.92. The number of hydrogen-bond acceptors (Lipinski definition) is 0. The van der Waals surface area contributed by atoms with Crippen LogP contribution in [0, 0.1) is 5.92 Å². The van der Waals surface area contributed by atoms with Gasteiger partial charge in [-0.1, -0.05) is 63.1 Å². The van der Waals surface area contributed by atoms with Crippen LogP contribution >= 0.6 is 0 Å². The first-order valence-electron chi connectivity index (χ1n) is 5.18. The highest BCUT2D eigenvalue weighted by molar-refractivity contribution is 5.15. The van der Waals surface area contributed by atoms with Crippen LogP contribution in [0.1, 0.15) is 40.0 Å². The van der Waals surface area contributed by atoms with Crippen molar-refractivity contribution in [3.05, 3.63) is 36.5 Å². The van der Waals surface area contributed by atoms with Crippen molar-refractivity contribution in [2.24, 2.45) is 5.92 Å². The third-order valence-electron chi connectivity index (χ3n) is 2.37. The molecule has 0 saturated carbocycles. The zero-order chi connectivity index (χ0) is 10.1. The first kappa shape index (κ1) is 12.2. The second-order valence-electron chi connectivity index (χ2n) is 3.57. The van der Waals surface area contributed by atoms with Gasteiger partial charge in [0.2, 0.25) is 0 Å². The van der Waals surface area contributed by atoms with E-state index in [-0.39, 0.29) is 0 Å². The summed E-state index contributed by atoms with van der Waals surface area (Å²) in [5, 5.41) is 0. The summed E-state index contributed by atoms with van der Waals surface area (Å²) in [6, 6.07) is 0. The van der Waals surface area contributed by atoms with Crippen molar-refractivity contribution in [3.63, 3.8) is 0 Å². The molecule has 0 aliphatic carbocycles. The summed E-state index contributed by atoms with van der Waals surface area (Å²) in [6.45, 7) is 10.4. The van der Waals surface area contributed by atoms with Crippen LogP contribution in [-0.4, -0.2) is 0 Å². The Morgan fingerprint density at radius 2 is 2.08 bits per heavy atom. The largest absolute Gasteiger partial charge is 0.0991 e. The summed E-state index contributed by atoms with van der Waals surface area (Å²) >= 11 is 0. The lowest BCUT2D eigenvalue weighted by Gasteiger charge is -2.10. The molecule has 0 spiro atoms. The van der Waals surface area contributed by atoms with Gasteiger partial charge in [-0.2, -0.15) is 0 Å². The van der Waals surface area contributed by atoms with Crippen molar-refractivity contribution in [2.45, 2.75) is 40.0 Å². The maximum Gasteiger partial charge on any atom is -0.0231 e. The Hall–Kier alpha value is -0.780. The molecule has 0 heterocycles. The van der Waals surface area contributed by atoms with Crippen molar-refractivity contribution in [1.82, 2.24) is 0 Å². The van der Waals surface area contributed by atoms with Crippen molar-refractivity contribution in [1.29, 1.82) is 0 Å². The van der Waals surface area contributed by atoms with Gasteiger partial charge >= 0.3 is 0 Å². The Labute approximate surface area is 83.0 Å². The molecular formula is C13H22. The molecule has 0 aliphatic rings. The van der Waals surface area contributed by atoms with E-state index in [0.29, 0.717) is 0 Å². The normalized spacial score (nSPS) is 14.8. The third kappa shape index (κ3) is 6.39. The molecule has 0 aromatic heterocycles. The highest BCUT2D eigenvalue weighted by Crippen LogP contribution is 2.16. The molecule has 0 fully saturated rings. The quantitative estimate of drug-likeness (QED) is 0.525. The standard InChI is InChI=1S/C13H22/c1-5-7-9-11-13(4)12(3)10-8-6-2/h5,7,9,11-12H,1,6,8,10H2,2-4H3/b9-7-,13-11+. The van der Waals surface area contributed by atoms with Gasteiger partial charge in [-0.3, -0.25) is 0 Å². The minimum atomic E-state index is 0.717. The summed E-state index contributed by atoms with van der Waals surface area (Å²) in [7, 11) is 0. The van der Waals surface area contributed by atoms with E-state index in [1.807, 2.05) is 6.08 Å². The van der Waals surface area contributed by atoms with E-state index < -0.39 is 0 Å². The van der Waals surface area contributed by atoms with Crippen LogP contribution in [0.25, 0.3) is 0 Å². The zero-order valence-electron chi connectivity index (χ0n) is 9.22. The van der Waals surface area contributed by atoms with E-state index in [1.165, 1.54) is 24.8 Å². The van der Waals surface area contributed by atoms with E-state index >= 15 is 0 Å². The smallest absolute Gasteiger partial charge is 0.0231 e. The average Bonchev–Trinajstić information content (AvgIpc) is 2.14. The predicted molar refractivity (Wildman–Crippen MR) is 61.8 cm³/mol. The van der Waals surface area contributed by atoms with Gasteiger partial charge in [-0.15, -0.1) is 0 Å². The van der Waals surface area contributed by atoms with Crippen LogP contribution < -0.4 is 0 Å². The number of unbranched alkanes of at least 4 members (excludes halogenated alkanes) is 1. The molecular weight excluding hydrogens is 156 g/mol. The first-order chi connectivity index (χ1) is 6.22.